The number of hydrogen-bond donors (Lipinski definition) is 3. The zero-order valence-electron chi connectivity index (χ0n) is 12.2. The van der Waals surface area contributed by atoms with Crippen molar-refractivity contribution in [3.8, 4) is 0 Å². The highest BCUT2D eigenvalue weighted by atomic mass is 15.2. The van der Waals surface area contributed by atoms with E-state index in [0.29, 0.717) is 0 Å². The minimum absolute atomic E-state index is 0.836. The first-order valence-corrected chi connectivity index (χ1v) is 7.47. The van der Waals surface area contributed by atoms with Crippen LogP contribution in [0.15, 0.2) is 42.7 Å². The number of para-hydroxylation sites is 1. The molecule has 112 valence electrons. The third-order valence-electron chi connectivity index (χ3n) is 3.98. The molecule has 0 spiro atoms. The zero-order chi connectivity index (χ0) is 14.8. The van der Waals surface area contributed by atoms with Crippen LogP contribution in [0.4, 0.5) is 11.5 Å². The quantitative estimate of drug-likeness (QED) is 0.691. The Morgan fingerprint density at radius 2 is 2.14 bits per heavy atom. The molecule has 1 aromatic carbocycles. The fraction of sp³-hybridized carbons (Fsp3) is 0.250. The number of nitrogens with zero attached hydrogens (tertiary/aromatic N) is 3. The summed E-state index contributed by atoms with van der Waals surface area (Å²) in [6.45, 7) is 2.73. The summed E-state index contributed by atoms with van der Waals surface area (Å²) in [6, 6.07) is 10.1. The number of imidazole rings is 1. The second-order valence-electron chi connectivity index (χ2n) is 5.52. The molecule has 0 saturated carbocycles. The molecule has 22 heavy (non-hydrogen) atoms. The van der Waals surface area contributed by atoms with Crippen molar-refractivity contribution in [1.82, 2.24) is 25.1 Å². The molecule has 0 fully saturated rings. The van der Waals surface area contributed by atoms with E-state index in [1.54, 1.807) is 6.20 Å². The Morgan fingerprint density at radius 1 is 1.23 bits per heavy atom. The standard InChI is InChI=1S/C16H18N6/c1-2-4-12(5-3-1)19-16-13-10-22(9-6-14(13)20-21-16)11-15-17-7-8-18-15/h1-5,7-8H,6,9-11H2,(H,17,18)(H2,19,20,21). The van der Waals surface area contributed by atoms with Crippen LogP contribution in [0.3, 0.4) is 0 Å². The molecule has 0 radical (unpaired) electrons. The number of hydrogen-bond acceptors (Lipinski definition) is 4. The molecule has 2 aromatic heterocycles. The summed E-state index contributed by atoms with van der Waals surface area (Å²) in [4.78, 5) is 9.85. The fourth-order valence-corrected chi connectivity index (χ4v) is 2.84. The number of rotatable bonds is 4. The lowest BCUT2D eigenvalue weighted by Crippen LogP contribution is -2.30. The predicted molar refractivity (Wildman–Crippen MR) is 84.7 cm³/mol. The van der Waals surface area contributed by atoms with Crippen LogP contribution in [0.2, 0.25) is 0 Å². The van der Waals surface area contributed by atoms with Gasteiger partial charge in [-0.05, 0) is 12.1 Å². The maximum absolute atomic E-state index is 4.44. The molecule has 0 atom stereocenters. The average molecular weight is 294 g/mol. The van der Waals surface area contributed by atoms with Gasteiger partial charge in [0.15, 0.2) is 5.82 Å². The van der Waals surface area contributed by atoms with Crippen molar-refractivity contribution >= 4 is 11.5 Å². The number of nitrogens with one attached hydrogen (secondary N) is 3. The van der Waals surface area contributed by atoms with Gasteiger partial charge in [-0.2, -0.15) is 5.10 Å². The third-order valence-corrected chi connectivity index (χ3v) is 3.98. The second-order valence-corrected chi connectivity index (χ2v) is 5.52. The van der Waals surface area contributed by atoms with Gasteiger partial charge in [0, 0.05) is 48.8 Å². The van der Waals surface area contributed by atoms with Crippen LogP contribution in [0, 0.1) is 0 Å². The van der Waals surface area contributed by atoms with E-state index in [1.165, 1.54) is 11.3 Å². The van der Waals surface area contributed by atoms with Crippen LogP contribution < -0.4 is 5.32 Å². The molecular weight excluding hydrogens is 276 g/mol. The average Bonchev–Trinajstić information content (AvgIpc) is 3.19. The van der Waals surface area contributed by atoms with Gasteiger partial charge >= 0.3 is 0 Å². The van der Waals surface area contributed by atoms with E-state index in [1.807, 2.05) is 36.5 Å². The maximum Gasteiger partial charge on any atom is 0.156 e. The molecule has 0 saturated heterocycles. The second kappa shape index (κ2) is 5.65. The summed E-state index contributed by atoms with van der Waals surface area (Å²) in [5.74, 6) is 1.93. The summed E-state index contributed by atoms with van der Waals surface area (Å²) >= 11 is 0. The van der Waals surface area contributed by atoms with Crippen molar-refractivity contribution in [3.63, 3.8) is 0 Å². The Morgan fingerprint density at radius 3 is 2.95 bits per heavy atom. The van der Waals surface area contributed by atoms with E-state index in [2.05, 4.69) is 30.4 Å². The molecule has 3 heterocycles. The van der Waals surface area contributed by atoms with Crippen molar-refractivity contribution in [2.24, 2.45) is 0 Å². The summed E-state index contributed by atoms with van der Waals surface area (Å²) < 4.78 is 0. The van der Waals surface area contributed by atoms with Crippen LogP contribution >= 0.6 is 0 Å². The first-order valence-electron chi connectivity index (χ1n) is 7.47. The van der Waals surface area contributed by atoms with Gasteiger partial charge in [0.05, 0.1) is 6.54 Å². The largest absolute Gasteiger partial charge is 0.348 e. The summed E-state index contributed by atoms with van der Waals surface area (Å²) in [7, 11) is 0. The molecule has 4 rings (SSSR count). The van der Waals surface area contributed by atoms with Crippen molar-refractivity contribution in [3.05, 3.63) is 59.8 Å². The number of benzene rings is 1. The third kappa shape index (κ3) is 2.60. The highest BCUT2D eigenvalue weighted by Gasteiger charge is 2.22. The zero-order valence-corrected chi connectivity index (χ0v) is 12.2. The van der Waals surface area contributed by atoms with Crippen LogP contribution in [0.25, 0.3) is 0 Å². The van der Waals surface area contributed by atoms with E-state index in [9.17, 15) is 0 Å². The summed E-state index contributed by atoms with van der Waals surface area (Å²) in [5, 5.41) is 11.0. The first-order chi connectivity index (χ1) is 10.9. The molecule has 0 aliphatic carbocycles. The van der Waals surface area contributed by atoms with Crippen molar-refractivity contribution in [2.45, 2.75) is 19.5 Å². The molecule has 1 aliphatic heterocycles. The number of aromatic nitrogens is 4. The molecule has 0 amide bonds. The molecule has 6 nitrogen and oxygen atoms in total. The van der Waals surface area contributed by atoms with E-state index < -0.39 is 0 Å². The number of fused-ring (bicyclic) bond motifs is 1. The van der Waals surface area contributed by atoms with Crippen LogP contribution in [-0.4, -0.2) is 31.6 Å². The van der Waals surface area contributed by atoms with Gasteiger partial charge in [0.1, 0.15) is 5.82 Å². The lowest BCUT2D eigenvalue weighted by atomic mass is 10.1. The molecule has 0 unspecified atom stereocenters. The summed E-state index contributed by atoms with van der Waals surface area (Å²) in [5.41, 5.74) is 3.54. The Labute approximate surface area is 128 Å². The van der Waals surface area contributed by atoms with Gasteiger partial charge in [-0.25, -0.2) is 4.98 Å². The molecule has 3 N–H and O–H groups in total. The Bertz CT molecular complexity index is 731. The highest BCUT2D eigenvalue weighted by molar-refractivity contribution is 5.60. The SMILES string of the molecule is c1ccc(Nc2n[nH]c3c2CN(Cc2ncc[nH]2)CC3)cc1. The summed E-state index contributed by atoms with van der Waals surface area (Å²) in [6.07, 6.45) is 4.65. The molecule has 1 aliphatic rings. The number of anilines is 2. The van der Waals surface area contributed by atoms with Crippen molar-refractivity contribution in [2.75, 3.05) is 11.9 Å². The number of H-pyrrole nitrogens is 2. The van der Waals surface area contributed by atoms with Crippen LogP contribution in [0.5, 0.6) is 0 Å². The maximum atomic E-state index is 4.44. The molecule has 3 aromatic rings. The van der Waals surface area contributed by atoms with Gasteiger partial charge < -0.3 is 10.3 Å². The van der Waals surface area contributed by atoms with Gasteiger partial charge in [-0.15, -0.1) is 0 Å². The van der Waals surface area contributed by atoms with Crippen LogP contribution in [0.1, 0.15) is 17.1 Å². The van der Waals surface area contributed by atoms with Crippen molar-refractivity contribution < 1.29 is 0 Å². The first kappa shape index (κ1) is 13.1. The van der Waals surface area contributed by atoms with Gasteiger partial charge in [0.2, 0.25) is 0 Å². The Hall–Kier alpha value is -2.60. The van der Waals surface area contributed by atoms with E-state index in [-0.39, 0.29) is 0 Å². The van der Waals surface area contributed by atoms with E-state index in [0.717, 1.165) is 43.4 Å². The minimum Gasteiger partial charge on any atom is -0.348 e. The Kier molecular flexibility index (Phi) is 3.36. The monoisotopic (exact) mass is 294 g/mol. The van der Waals surface area contributed by atoms with Crippen LogP contribution in [-0.2, 0) is 19.5 Å². The highest BCUT2D eigenvalue weighted by Crippen LogP contribution is 2.26. The molecular formula is C16H18N6. The van der Waals surface area contributed by atoms with Crippen molar-refractivity contribution in [1.29, 1.82) is 0 Å². The minimum atomic E-state index is 0.836. The van der Waals surface area contributed by atoms with Gasteiger partial charge in [-0.3, -0.25) is 10.00 Å². The van der Waals surface area contributed by atoms with Gasteiger partial charge in [-0.1, -0.05) is 18.2 Å². The fourth-order valence-electron chi connectivity index (χ4n) is 2.84. The lowest BCUT2D eigenvalue weighted by Gasteiger charge is -2.26. The topological polar surface area (TPSA) is 72.6 Å². The lowest BCUT2D eigenvalue weighted by molar-refractivity contribution is 0.240. The Balaban J connectivity index is 1.52. The smallest absolute Gasteiger partial charge is 0.156 e. The normalized spacial score (nSPS) is 14.7. The molecule has 6 heteroatoms. The predicted octanol–water partition coefficient (Wildman–Crippen LogP) is 2.43. The van der Waals surface area contributed by atoms with Gasteiger partial charge in [0.25, 0.3) is 0 Å². The van der Waals surface area contributed by atoms with E-state index in [4.69, 9.17) is 0 Å². The molecule has 0 bridgehead atoms. The number of aromatic amines is 2. The van der Waals surface area contributed by atoms with E-state index >= 15 is 0 Å².